The zero-order valence-corrected chi connectivity index (χ0v) is 7.40. The third kappa shape index (κ3) is 1.59. The Bertz CT molecular complexity index is 386. The second-order valence-corrected chi connectivity index (χ2v) is 3.04. The van der Waals surface area contributed by atoms with Crippen LogP contribution in [0.15, 0.2) is 42.0 Å². The molecule has 2 rings (SSSR count). The second kappa shape index (κ2) is 3.40. The van der Waals surface area contributed by atoms with Gasteiger partial charge in [-0.05, 0) is 22.8 Å². The van der Waals surface area contributed by atoms with Crippen molar-refractivity contribution >= 4 is 17.9 Å². The van der Waals surface area contributed by atoms with E-state index in [-0.39, 0.29) is 0 Å². The molecule has 0 saturated carbocycles. The number of nitrogens with zero attached hydrogens (tertiary/aromatic N) is 1. The van der Waals surface area contributed by atoms with Gasteiger partial charge in [0.2, 0.25) is 0 Å². The summed E-state index contributed by atoms with van der Waals surface area (Å²) in [4.78, 5) is 4.11. The normalized spacial score (nSPS) is 14.9. The minimum atomic E-state index is 0.835. The van der Waals surface area contributed by atoms with Gasteiger partial charge in [0.1, 0.15) is 0 Å². The Balaban J connectivity index is 2.55. The first-order valence-corrected chi connectivity index (χ1v) is 4.33. The van der Waals surface area contributed by atoms with Crippen LogP contribution < -0.4 is 0 Å². The van der Waals surface area contributed by atoms with E-state index in [1.165, 1.54) is 11.1 Å². The lowest BCUT2D eigenvalue weighted by Gasteiger charge is -2.08. The molecule has 0 N–H and O–H groups in total. The largest absolute Gasteiger partial charge is 0.269 e. The predicted octanol–water partition coefficient (Wildman–Crippen LogP) is 3.15. The van der Waals surface area contributed by atoms with Gasteiger partial charge in [-0.2, -0.15) is 0 Å². The summed E-state index contributed by atoms with van der Waals surface area (Å²) < 4.78 is 0. The minimum Gasteiger partial charge on any atom is -0.269 e. The Hall–Kier alpha value is -1.63. The molecule has 1 aliphatic heterocycles. The Morgan fingerprint density at radius 3 is 3.00 bits per heavy atom. The van der Waals surface area contributed by atoms with Crippen LogP contribution in [-0.4, -0.2) is 6.21 Å². The topological polar surface area (TPSA) is 12.4 Å². The minimum absolute atomic E-state index is 0.835. The maximum absolute atomic E-state index is 4.11. The first kappa shape index (κ1) is 7.99. The lowest BCUT2D eigenvalue weighted by Crippen LogP contribution is -1.90. The summed E-state index contributed by atoms with van der Waals surface area (Å²) in [7, 11) is 0. The van der Waals surface area contributed by atoms with Gasteiger partial charge in [-0.3, -0.25) is 4.99 Å². The molecule has 0 fully saturated rings. The van der Waals surface area contributed by atoms with Crippen LogP contribution in [0.2, 0.25) is 0 Å². The van der Waals surface area contributed by atoms with Crippen LogP contribution in [0.4, 0.5) is 0 Å². The van der Waals surface area contributed by atoms with Crippen LogP contribution in [0.1, 0.15) is 17.5 Å². The van der Waals surface area contributed by atoms with Crippen molar-refractivity contribution in [1.29, 1.82) is 0 Å². The highest BCUT2D eigenvalue weighted by atomic mass is 14.7. The number of allylic oxidation sites excluding steroid dienone is 1. The lowest BCUT2D eigenvalue weighted by atomic mass is 9.98. The van der Waals surface area contributed by atoms with E-state index in [9.17, 15) is 0 Å². The van der Waals surface area contributed by atoms with Crippen LogP contribution in [0, 0.1) is 0 Å². The molecule has 0 spiro atoms. The van der Waals surface area contributed by atoms with Gasteiger partial charge in [0, 0.05) is 18.8 Å². The summed E-state index contributed by atoms with van der Waals surface area (Å²) >= 11 is 0. The molecular formula is C12H11N. The van der Waals surface area contributed by atoms with E-state index in [0.29, 0.717) is 0 Å². The molecule has 13 heavy (non-hydrogen) atoms. The van der Waals surface area contributed by atoms with E-state index in [0.717, 1.165) is 12.0 Å². The van der Waals surface area contributed by atoms with Gasteiger partial charge in [0.05, 0.1) is 0 Å². The maximum atomic E-state index is 4.11. The molecule has 0 aliphatic carbocycles. The number of hydrogen-bond donors (Lipinski definition) is 0. The molecule has 1 heteroatoms. The Kier molecular flexibility index (Phi) is 2.09. The Morgan fingerprint density at radius 1 is 1.23 bits per heavy atom. The van der Waals surface area contributed by atoms with Crippen molar-refractivity contribution < 1.29 is 0 Å². The van der Waals surface area contributed by atoms with Crippen molar-refractivity contribution in [3.05, 3.63) is 48.2 Å². The quantitative estimate of drug-likeness (QED) is 0.565. The zero-order chi connectivity index (χ0) is 9.10. The van der Waals surface area contributed by atoms with E-state index in [1.807, 2.05) is 30.6 Å². The van der Waals surface area contributed by atoms with Gasteiger partial charge >= 0.3 is 0 Å². The fourth-order valence-corrected chi connectivity index (χ4v) is 1.42. The Labute approximate surface area is 78.1 Å². The van der Waals surface area contributed by atoms with Gasteiger partial charge in [-0.25, -0.2) is 0 Å². The zero-order valence-electron chi connectivity index (χ0n) is 7.40. The molecule has 1 aromatic carbocycles. The van der Waals surface area contributed by atoms with Crippen LogP contribution >= 0.6 is 0 Å². The molecule has 64 valence electrons. The highest BCUT2D eigenvalue weighted by Crippen LogP contribution is 2.22. The fourth-order valence-electron chi connectivity index (χ4n) is 1.42. The number of aliphatic imine (C=N–C) groups is 1. The third-order valence-electron chi connectivity index (χ3n) is 2.12. The molecule has 1 aliphatic rings. The van der Waals surface area contributed by atoms with Crippen LogP contribution in [-0.2, 0) is 0 Å². The van der Waals surface area contributed by atoms with Crippen molar-refractivity contribution in [2.24, 2.45) is 4.99 Å². The number of benzene rings is 1. The smallest absolute Gasteiger partial charge is 0.0270 e. The van der Waals surface area contributed by atoms with Crippen LogP contribution in [0.25, 0.3) is 11.6 Å². The lowest BCUT2D eigenvalue weighted by molar-refractivity contribution is 1.43. The van der Waals surface area contributed by atoms with Crippen molar-refractivity contribution in [3.63, 3.8) is 0 Å². The van der Waals surface area contributed by atoms with Crippen LogP contribution in [0.5, 0.6) is 0 Å². The number of hydrogen-bond acceptors (Lipinski definition) is 1. The Morgan fingerprint density at radius 2 is 2.08 bits per heavy atom. The molecule has 0 saturated heterocycles. The van der Waals surface area contributed by atoms with Crippen molar-refractivity contribution in [1.82, 2.24) is 0 Å². The monoisotopic (exact) mass is 169 g/mol. The van der Waals surface area contributed by atoms with Gasteiger partial charge in [0.25, 0.3) is 0 Å². The fraction of sp³-hybridized carbons (Fsp3) is 0.0833. The molecule has 0 bridgehead atoms. The van der Waals surface area contributed by atoms with Gasteiger partial charge in [0.15, 0.2) is 0 Å². The summed E-state index contributed by atoms with van der Waals surface area (Å²) in [6.07, 6.45) is 6.55. The van der Waals surface area contributed by atoms with E-state index in [4.69, 9.17) is 0 Å². The van der Waals surface area contributed by atoms with E-state index in [2.05, 4.69) is 23.7 Å². The van der Waals surface area contributed by atoms with Crippen LogP contribution in [0.3, 0.4) is 0 Å². The number of rotatable bonds is 0. The molecule has 1 heterocycles. The summed E-state index contributed by atoms with van der Waals surface area (Å²) in [6.45, 7) is 4.03. The first-order valence-electron chi connectivity index (χ1n) is 4.33. The molecule has 0 radical (unpaired) electrons. The van der Waals surface area contributed by atoms with Gasteiger partial charge in [-0.1, -0.05) is 30.8 Å². The van der Waals surface area contributed by atoms with Crippen molar-refractivity contribution in [2.45, 2.75) is 6.42 Å². The molecule has 0 unspecified atom stereocenters. The van der Waals surface area contributed by atoms with Crippen molar-refractivity contribution in [3.8, 4) is 0 Å². The molecule has 1 aromatic rings. The summed E-state index contributed by atoms with van der Waals surface area (Å²) in [6, 6.07) is 8.25. The predicted molar refractivity (Wildman–Crippen MR) is 57.6 cm³/mol. The maximum Gasteiger partial charge on any atom is 0.0270 e. The highest BCUT2D eigenvalue weighted by Gasteiger charge is 2.02. The summed E-state index contributed by atoms with van der Waals surface area (Å²) in [5.74, 6) is 0. The standard InChI is InChI=1S/C12H11N/c1-10-6-8-13-9-7-11-4-2-3-5-12(10)11/h2-5,7-9H,1,6H2. The molecular weight excluding hydrogens is 158 g/mol. The van der Waals surface area contributed by atoms with E-state index >= 15 is 0 Å². The highest BCUT2D eigenvalue weighted by molar-refractivity contribution is 5.83. The average Bonchev–Trinajstić information content (AvgIpc) is 2.14. The second-order valence-electron chi connectivity index (χ2n) is 3.04. The summed E-state index contributed by atoms with van der Waals surface area (Å²) in [5, 5.41) is 0. The molecule has 0 aromatic heterocycles. The first-order chi connectivity index (χ1) is 6.38. The molecule has 0 atom stereocenters. The molecule has 1 nitrogen and oxygen atoms in total. The van der Waals surface area contributed by atoms with E-state index < -0.39 is 0 Å². The SMILES string of the molecule is C=C1CC=NC=Cc2ccccc21. The average molecular weight is 169 g/mol. The number of fused-ring (bicyclic) bond motifs is 1. The van der Waals surface area contributed by atoms with E-state index in [1.54, 1.807) is 0 Å². The van der Waals surface area contributed by atoms with Gasteiger partial charge < -0.3 is 0 Å². The molecule has 0 amide bonds. The van der Waals surface area contributed by atoms with Crippen molar-refractivity contribution in [2.75, 3.05) is 0 Å². The van der Waals surface area contributed by atoms with Gasteiger partial charge in [-0.15, -0.1) is 0 Å². The summed E-state index contributed by atoms with van der Waals surface area (Å²) in [5.41, 5.74) is 3.55. The third-order valence-corrected chi connectivity index (χ3v) is 2.12.